The first kappa shape index (κ1) is 19.3. The summed E-state index contributed by atoms with van der Waals surface area (Å²) in [6.07, 6.45) is 1.77. The van der Waals surface area contributed by atoms with Crippen molar-refractivity contribution < 1.29 is 14.7 Å². The van der Waals surface area contributed by atoms with Crippen molar-refractivity contribution in [3.8, 4) is 11.5 Å². The lowest BCUT2D eigenvalue weighted by Crippen LogP contribution is -2.25. The lowest BCUT2D eigenvalue weighted by Gasteiger charge is -2.21. The Bertz CT molecular complexity index is 696. The van der Waals surface area contributed by atoms with Crippen molar-refractivity contribution in [2.24, 2.45) is 5.73 Å². The molecule has 0 aliphatic rings. The molecule has 0 bridgehead atoms. The molecule has 1 amide bonds. The predicted molar refractivity (Wildman–Crippen MR) is 88.2 cm³/mol. The Morgan fingerprint density at radius 1 is 1.42 bits per heavy atom. The molecular formula is C15H24N6O3. The fourth-order valence-corrected chi connectivity index (χ4v) is 2.12. The first-order valence-electron chi connectivity index (χ1n) is 7.48. The van der Waals surface area contributed by atoms with Gasteiger partial charge in [-0.3, -0.25) is 14.3 Å². The van der Waals surface area contributed by atoms with E-state index in [4.69, 9.17) is 15.6 Å². The number of carbonyl (C=O) groups is 2. The van der Waals surface area contributed by atoms with Gasteiger partial charge in [-0.15, -0.1) is 0 Å². The Kier molecular flexibility index (Phi) is 6.21. The van der Waals surface area contributed by atoms with Gasteiger partial charge >= 0.3 is 0 Å². The highest BCUT2D eigenvalue weighted by molar-refractivity contribution is 5.75. The summed E-state index contributed by atoms with van der Waals surface area (Å²) >= 11 is 0. The molecule has 0 aliphatic heterocycles. The lowest BCUT2D eigenvalue weighted by atomic mass is 10.1. The Balaban J connectivity index is 0.000000891. The molecule has 0 aromatic carbocycles. The molecule has 2 heterocycles. The maximum Gasteiger partial charge on any atom is 0.290 e. The Morgan fingerprint density at radius 3 is 2.46 bits per heavy atom. The molecular weight excluding hydrogens is 312 g/mol. The van der Waals surface area contributed by atoms with Crippen LogP contribution in [0.4, 0.5) is 0 Å². The van der Waals surface area contributed by atoms with Gasteiger partial charge in [0, 0.05) is 12.2 Å². The van der Waals surface area contributed by atoms with E-state index in [0.29, 0.717) is 11.6 Å². The first-order valence-corrected chi connectivity index (χ1v) is 7.48. The van der Waals surface area contributed by atoms with Crippen LogP contribution < -0.4 is 5.73 Å². The zero-order valence-electron chi connectivity index (χ0n) is 14.6. The van der Waals surface area contributed by atoms with Crippen molar-refractivity contribution in [3.63, 3.8) is 0 Å². The number of primary amides is 1. The molecule has 0 unspecified atom stereocenters. The Morgan fingerprint density at radius 2 is 2.00 bits per heavy atom. The van der Waals surface area contributed by atoms with Gasteiger partial charge in [0.15, 0.2) is 11.6 Å². The Labute approximate surface area is 140 Å². The van der Waals surface area contributed by atoms with Crippen LogP contribution in [0.25, 0.3) is 11.5 Å². The van der Waals surface area contributed by atoms with Crippen molar-refractivity contribution in [2.75, 3.05) is 0 Å². The van der Waals surface area contributed by atoms with E-state index in [1.54, 1.807) is 6.20 Å². The molecule has 0 radical (unpaired) electrons. The van der Waals surface area contributed by atoms with Gasteiger partial charge in [0.05, 0.1) is 12.0 Å². The van der Waals surface area contributed by atoms with Crippen molar-refractivity contribution in [1.82, 2.24) is 24.5 Å². The van der Waals surface area contributed by atoms with Gasteiger partial charge in [-0.05, 0) is 40.7 Å². The highest BCUT2D eigenvalue weighted by atomic mass is 16.3. The summed E-state index contributed by atoms with van der Waals surface area (Å²) in [5, 5.41) is 15.7. The summed E-state index contributed by atoms with van der Waals surface area (Å²) in [6, 6.07) is 2.11. The van der Waals surface area contributed by atoms with Crippen molar-refractivity contribution in [2.45, 2.75) is 52.6 Å². The van der Waals surface area contributed by atoms with Gasteiger partial charge in [0.1, 0.15) is 5.69 Å². The van der Waals surface area contributed by atoms with Gasteiger partial charge in [-0.25, -0.2) is 9.67 Å². The second-order valence-corrected chi connectivity index (χ2v) is 6.44. The van der Waals surface area contributed by atoms with E-state index in [0.717, 1.165) is 5.69 Å². The van der Waals surface area contributed by atoms with Crippen LogP contribution in [0.15, 0.2) is 12.3 Å². The quantitative estimate of drug-likeness (QED) is 0.807. The molecule has 2 aromatic heterocycles. The van der Waals surface area contributed by atoms with E-state index in [2.05, 4.69) is 29.0 Å². The third-order valence-electron chi connectivity index (χ3n) is 3.01. The van der Waals surface area contributed by atoms with E-state index in [-0.39, 0.29) is 24.5 Å². The third kappa shape index (κ3) is 4.64. The number of hydrogen-bond acceptors (Lipinski definition) is 5. The van der Waals surface area contributed by atoms with Crippen LogP contribution in [0.1, 0.15) is 46.5 Å². The second-order valence-electron chi connectivity index (χ2n) is 6.44. The van der Waals surface area contributed by atoms with Crippen LogP contribution in [0.2, 0.25) is 0 Å². The van der Waals surface area contributed by atoms with Gasteiger partial charge in [-0.1, -0.05) is 0 Å². The normalized spacial score (nSPS) is 11.1. The van der Waals surface area contributed by atoms with Crippen molar-refractivity contribution >= 4 is 12.4 Å². The fourth-order valence-electron chi connectivity index (χ4n) is 2.12. The van der Waals surface area contributed by atoms with Crippen molar-refractivity contribution in [1.29, 1.82) is 0 Å². The number of carboxylic acid groups (broad SMARTS) is 1. The van der Waals surface area contributed by atoms with E-state index in [1.165, 1.54) is 0 Å². The minimum Gasteiger partial charge on any atom is -0.483 e. The van der Waals surface area contributed by atoms with Gasteiger partial charge in [0.25, 0.3) is 6.47 Å². The number of aromatic nitrogens is 5. The highest BCUT2D eigenvalue weighted by Gasteiger charge is 2.25. The molecule has 24 heavy (non-hydrogen) atoms. The number of carbonyl (C=O) groups excluding carboxylic acids is 1. The average molecular weight is 336 g/mol. The van der Waals surface area contributed by atoms with E-state index >= 15 is 0 Å². The fraction of sp³-hybridized carbons (Fsp3) is 0.533. The van der Waals surface area contributed by atoms with E-state index in [9.17, 15) is 4.79 Å². The predicted octanol–water partition coefficient (Wildman–Crippen LogP) is 1.21. The van der Waals surface area contributed by atoms with Crippen LogP contribution in [-0.4, -0.2) is 42.0 Å². The third-order valence-corrected chi connectivity index (χ3v) is 3.01. The maximum atomic E-state index is 11.1. The first-order chi connectivity index (χ1) is 11.1. The number of hydrogen-bond donors (Lipinski definition) is 2. The Hall–Kier alpha value is -2.71. The second kappa shape index (κ2) is 7.71. The molecule has 9 heteroatoms. The highest BCUT2D eigenvalue weighted by Crippen LogP contribution is 2.25. The number of nitrogens with two attached hydrogens (primary N) is 1. The van der Waals surface area contributed by atoms with Crippen LogP contribution >= 0.6 is 0 Å². The zero-order chi connectivity index (χ0) is 18.5. The molecule has 2 rings (SSSR count). The van der Waals surface area contributed by atoms with E-state index < -0.39 is 5.91 Å². The molecule has 0 spiro atoms. The topological polar surface area (TPSA) is 129 Å². The molecule has 2 aromatic rings. The van der Waals surface area contributed by atoms with Crippen molar-refractivity contribution in [3.05, 3.63) is 18.1 Å². The zero-order valence-corrected chi connectivity index (χ0v) is 14.6. The number of amides is 1. The average Bonchev–Trinajstić information content (AvgIpc) is 3.03. The van der Waals surface area contributed by atoms with E-state index in [1.807, 2.05) is 36.2 Å². The number of rotatable bonds is 4. The molecule has 0 fully saturated rings. The van der Waals surface area contributed by atoms with Gasteiger partial charge in [0.2, 0.25) is 5.91 Å². The summed E-state index contributed by atoms with van der Waals surface area (Å²) in [6.45, 7) is 9.97. The maximum absolute atomic E-state index is 11.1. The van der Waals surface area contributed by atoms with Crippen LogP contribution in [-0.2, 0) is 21.5 Å². The summed E-state index contributed by atoms with van der Waals surface area (Å²) < 4.78 is 3.71. The molecule has 0 saturated heterocycles. The summed E-state index contributed by atoms with van der Waals surface area (Å²) in [5.41, 5.74) is 5.86. The van der Waals surface area contributed by atoms with Gasteiger partial charge in [-0.2, -0.15) is 10.2 Å². The number of nitrogens with zero attached hydrogens (tertiary/aromatic N) is 5. The molecule has 0 atom stereocenters. The smallest absolute Gasteiger partial charge is 0.290 e. The largest absolute Gasteiger partial charge is 0.483 e. The van der Waals surface area contributed by atoms with Gasteiger partial charge < -0.3 is 10.8 Å². The lowest BCUT2D eigenvalue weighted by molar-refractivity contribution is -0.123. The molecule has 3 N–H and O–H groups in total. The minimum atomic E-state index is -0.440. The summed E-state index contributed by atoms with van der Waals surface area (Å²) in [7, 11) is 0. The van der Waals surface area contributed by atoms with Crippen LogP contribution in [0.3, 0.4) is 0 Å². The molecule has 0 aliphatic carbocycles. The summed E-state index contributed by atoms with van der Waals surface area (Å²) in [4.78, 5) is 24.0. The summed E-state index contributed by atoms with van der Waals surface area (Å²) in [5.74, 6) is 0.693. The van der Waals surface area contributed by atoms with Crippen LogP contribution in [0.5, 0.6) is 0 Å². The molecule has 0 saturated carbocycles. The van der Waals surface area contributed by atoms with Crippen LogP contribution in [0, 0.1) is 0 Å². The molecule has 9 nitrogen and oxygen atoms in total. The monoisotopic (exact) mass is 336 g/mol. The molecule has 132 valence electrons. The standard InChI is InChI=1S/C14H22N6O.CH2O2/c1-9(2)19-10(6-7-16-19)13-17-12(8-11(15)21)18-20(13)14(3,4)5;2-1-3/h6-7,9H,8H2,1-5H3,(H2,15,21);1H,(H,2,3). The SMILES string of the molecule is CC(C)n1nccc1-c1nc(CC(N)=O)nn1C(C)(C)C.O=CO. The minimum absolute atomic E-state index is 0.0336.